The molecule has 2 N–H and O–H groups in total. The lowest BCUT2D eigenvalue weighted by atomic mass is 10.1. The summed E-state index contributed by atoms with van der Waals surface area (Å²) in [4.78, 5) is 0. The summed E-state index contributed by atoms with van der Waals surface area (Å²) in [5.74, 6) is 0. The third-order valence-electron chi connectivity index (χ3n) is 4.05. The van der Waals surface area contributed by atoms with Crippen LogP contribution in [0.2, 0.25) is 0 Å². The van der Waals surface area contributed by atoms with E-state index in [-0.39, 0.29) is 6.04 Å². The average Bonchev–Trinajstić information content (AvgIpc) is 3.15. The molecule has 0 aliphatic heterocycles. The predicted octanol–water partition coefficient (Wildman–Crippen LogP) is 2.52. The van der Waals surface area contributed by atoms with Crippen molar-refractivity contribution in [2.45, 2.75) is 25.5 Å². The summed E-state index contributed by atoms with van der Waals surface area (Å²) < 4.78 is 1.73. The first-order chi connectivity index (χ1) is 11.7. The smallest absolute Gasteiger partial charge is 0.0705 e. The Bertz CT molecular complexity index is 726. The second-order valence-corrected chi connectivity index (χ2v) is 5.91. The van der Waals surface area contributed by atoms with Gasteiger partial charge in [0.15, 0.2) is 0 Å². The summed E-state index contributed by atoms with van der Waals surface area (Å²) >= 11 is 0. The molecular weight excluding hydrogens is 300 g/mol. The molecule has 2 atom stereocenters. The minimum Gasteiger partial charge on any atom is -0.391 e. The molecule has 0 radical (unpaired) electrons. The highest BCUT2D eigenvalue weighted by Crippen LogP contribution is 2.15. The summed E-state index contributed by atoms with van der Waals surface area (Å²) in [5, 5.41) is 21.4. The molecule has 0 aliphatic rings. The second-order valence-electron chi connectivity index (χ2n) is 5.91. The molecule has 1 heterocycles. The lowest BCUT2D eigenvalue weighted by Crippen LogP contribution is -2.30. The van der Waals surface area contributed by atoms with Crippen LogP contribution in [0.15, 0.2) is 67.0 Å². The second kappa shape index (κ2) is 7.86. The van der Waals surface area contributed by atoms with Gasteiger partial charge in [-0.25, -0.2) is 4.68 Å². The lowest BCUT2D eigenvalue weighted by Gasteiger charge is -2.18. The highest BCUT2D eigenvalue weighted by atomic mass is 16.3. The fourth-order valence-electron chi connectivity index (χ4n) is 2.65. The Kier molecular flexibility index (Phi) is 5.36. The van der Waals surface area contributed by atoms with Crippen molar-refractivity contribution in [1.29, 1.82) is 0 Å². The molecular formula is C19H22N4O. The van der Waals surface area contributed by atoms with Crippen molar-refractivity contribution in [2.75, 3.05) is 6.54 Å². The van der Waals surface area contributed by atoms with Gasteiger partial charge in [0.25, 0.3) is 0 Å². The van der Waals surface area contributed by atoms with Crippen molar-refractivity contribution < 1.29 is 5.11 Å². The van der Waals surface area contributed by atoms with E-state index in [1.54, 1.807) is 10.9 Å². The van der Waals surface area contributed by atoms with Gasteiger partial charge in [-0.15, -0.1) is 5.10 Å². The molecule has 0 saturated heterocycles. The van der Waals surface area contributed by atoms with Crippen molar-refractivity contribution in [2.24, 2.45) is 0 Å². The molecule has 5 heteroatoms. The van der Waals surface area contributed by atoms with Gasteiger partial charge < -0.3 is 10.4 Å². The molecule has 1 aromatic heterocycles. The van der Waals surface area contributed by atoms with Crippen LogP contribution < -0.4 is 5.32 Å². The molecule has 2 unspecified atom stereocenters. The van der Waals surface area contributed by atoms with Crippen LogP contribution in [-0.2, 0) is 6.42 Å². The number of aromatic nitrogens is 3. The Morgan fingerprint density at radius 2 is 1.83 bits per heavy atom. The molecule has 0 saturated carbocycles. The van der Waals surface area contributed by atoms with Crippen LogP contribution in [0.3, 0.4) is 0 Å². The maximum Gasteiger partial charge on any atom is 0.0705 e. The van der Waals surface area contributed by atoms with Gasteiger partial charge in [0.05, 0.1) is 24.2 Å². The standard InChI is InChI=1S/C19H22N4O/c1-15(20-14-19(24)13-16-5-3-2-4-6-16)17-7-9-18(10-8-17)23-12-11-21-22-23/h2-12,15,19-20,24H,13-14H2,1H3. The number of aliphatic hydroxyl groups excluding tert-OH is 1. The van der Waals surface area contributed by atoms with Crippen molar-refractivity contribution in [3.63, 3.8) is 0 Å². The Hall–Kier alpha value is -2.50. The highest BCUT2D eigenvalue weighted by Gasteiger charge is 2.10. The maximum atomic E-state index is 10.2. The maximum absolute atomic E-state index is 10.2. The zero-order valence-electron chi connectivity index (χ0n) is 13.7. The van der Waals surface area contributed by atoms with Crippen molar-refractivity contribution in [3.8, 4) is 5.69 Å². The summed E-state index contributed by atoms with van der Waals surface area (Å²) in [6.07, 6.45) is 3.73. The van der Waals surface area contributed by atoms with Crippen LogP contribution in [0, 0.1) is 0 Å². The number of rotatable bonds is 7. The molecule has 3 aromatic rings. The first-order valence-corrected chi connectivity index (χ1v) is 8.14. The first kappa shape index (κ1) is 16.4. The highest BCUT2D eigenvalue weighted by molar-refractivity contribution is 5.34. The van der Waals surface area contributed by atoms with Gasteiger partial charge in [0, 0.05) is 12.6 Å². The summed E-state index contributed by atoms with van der Waals surface area (Å²) in [5.41, 5.74) is 3.30. The van der Waals surface area contributed by atoms with Gasteiger partial charge in [0.1, 0.15) is 0 Å². The molecule has 0 amide bonds. The molecule has 0 aliphatic carbocycles. The van der Waals surface area contributed by atoms with Crippen molar-refractivity contribution in [3.05, 3.63) is 78.1 Å². The first-order valence-electron chi connectivity index (χ1n) is 8.14. The number of nitrogens with one attached hydrogen (secondary N) is 1. The number of hydrogen-bond donors (Lipinski definition) is 2. The molecule has 5 nitrogen and oxygen atoms in total. The van der Waals surface area contributed by atoms with Gasteiger partial charge in [-0.1, -0.05) is 47.7 Å². The quantitative estimate of drug-likeness (QED) is 0.702. The third-order valence-corrected chi connectivity index (χ3v) is 4.05. The molecule has 3 rings (SSSR count). The van der Waals surface area contributed by atoms with Gasteiger partial charge in [-0.2, -0.15) is 0 Å². The van der Waals surface area contributed by atoms with E-state index < -0.39 is 6.10 Å². The molecule has 24 heavy (non-hydrogen) atoms. The molecule has 124 valence electrons. The number of hydrogen-bond acceptors (Lipinski definition) is 4. The van der Waals surface area contributed by atoms with E-state index in [0.717, 1.165) is 11.3 Å². The van der Waals surface area contributed by atoms with E-state index in [1.165, 1.54) is 5.56 Å². The average molecular weight is 322 g/mol. The summed E-state index contributed by atoms with van der Waals surface area (Å²) in [7, 11) is 0. The fraction of sp³-hybridized carbons (Fsp3) is 0.263. The summed E-state index contributed by atoms with van der Waals surface area (Å²) in [6.45, 7) is 2.65. The Morgan fingerprint density at radius 3 is 2.50 bits per heavy atom. The van der Waals surface area contributed by atoms with E-state index >= 15 is 0 Å². The molecule has 0 spiro atoms. The Morgan fingerprint density at radius 1 is 1.08 bits per heavy atom. The number of benzene rings is 2. The molecule has 0 bridgehead atoms. The van der Waals surface area contributed by atoms with Crippen LogP contribution in [0.5, 0.6) is 0 Å². The third kappa shape index (κ3) is 4.28. The zero-order valence-corrected chi connectivity index (χ0v) is 13.7. The van der Waals surface area contributed by atoms with Gasteiger partial charge in [0.2, 0.25) is 0 Å². The largest absolute Gasteiger partial charge is 0.391 e. The van der Waals surface area contributed by atoms with Gasteiger partial charge >= 0.3 is 0 Å². The summed E-state index contributed by atoms with van der Waals surface area (Å²) in [6, 6.07) is 18.4. The number of nitrogens with zero attached hydrogens (tertiary/aromatic N) is 3. The van der Waals surface area contributed by atoms with Crippen molar-refractivity contribution >= 4 is 0 Å². The van der Waals surface area contributed by atoms with E-state index in [9.17, 15) is 5.11 Å². The monoisotopic (exact) mass is 322 g/mol. The Labute approximate surface area is 142 Å². The van der Waals surface area contributed by atoms with Crippen LogP contribution >= 0.6 is 0 Å². The molecule has 0 fully saturated rings. The van der Waals surface area contributed by atoms with Gasteiger partial charge in [-0.05, 0) is 36.6 Å². The topological polar surface area (TPSA) is 63.0 Å². The van der Waals surface area contributed by atoms with Crippen LogP contribution in [0.4, 0.5) is 0 Å². The lowest BCUT2D eigenvalue weighted by molar-refractivity contribution is 0.168. The number of aliphatic hydroxyl groups is 1. The molecule has 2 aromatic carbocycles. The minimum atomic E-state index is -0.399. The predicted molar refractivity (Wildman–Crippen MR) is 93.9 cm³/mol. The van der Waals surface area contributed by atoms with Crippen LogP contribution in [0.1, 0.15) is 24.1 Å². The van der Waals surface area contributed by atoms with Crippen LogP contribution in [0.25, 0.3) is 5.69 Å². The van der Waals surface area contributed by atoms with Crippen molar-refractivity contribution in [1.82, 2.24) is 20.3 Å². The fourth-order valence-corrected chi connectivity index (χ4v) is 2.65. The zero-order chi connectivity index (χ0) is 16.8. The minimum absolute atomic E-state index is 0.167. The van der Waals surface area contributed by atoms with Gasteiger partial charge in [-0.3, -0.25) is 0 Å². The SMILES string of the molecule is CC(NCC(O)Cc1ccccc1)c1ccc(-n2ccnn2)cc1. The Balaban J connectivity index is 1.52. The van der Waals surface area contributed by atoms with E-state index in [1.807, 2.05) is 48.7 Å². The van der Waals surface area contributed by atoms with E-state index in [2.05, 4.69) is 34.7 Å². The van der Waals surface area contributed by atoms with E-state index in [0.29, 0.717) is 13.0 Å². The van der Waals surface area contributed by atoms with E-state index in [4.69, 9.17) is 0 Å². The van der Waals surface area contributed by atoms with Crippen LogP contribution in [-0.4, -0.2) is 32.7 Å². The normalized spacial score (nSPS) is 13.6.